The molecule has 7 heteroatoms. The van der Waals surface area contributed by atoms with Crippen LogP contribution in [0.3, 0.4) is 0 Å². The molecule has 4 aliphatic rings. The lowest BCUT2D eigenvalue weighted by atomic mass is 9.57. The van der Waals surface area contributed by atoms with Gasteiger partial charge in [-0.05, 0) is 37.1 Å². The average Bonchev–Trinajstić information content (AvgIpc) is 2.97. The summed E-state index contributed by atoms with van der Waals surface area (Å²) in [6.07, 6.45) is 0.250. The highest BCUT2D eigenvalue weighted by Crippen LogP contribution is 2.62. The van der Waals surface area contributed by atoms with Crippen molar-refractivity contribution in [1.29, 1.82) is 0 Å². The summed E-state index contributed by atoms with van der Waals surface area (Å²) in [7, 11) is 3.49. The first-order valence-electron chi connectivity index (χ1n) is 10.0. The number of hydrogen-bond acceptors (Lipinski definition) is 4. The number of fused-ring (bicyclic) bond motifs is 3. The quantitative estimate of drug-likeness (QED) is 0.578. The van der Waals surface area contributed by atoms with Gasteiger partial charge >= 0.3 is 0 Å². The van der Waals surface area contributed by atoms with Crippen LogP contribution in [0.25, 0.3) is 10.9 Å². The van der Waals surface area contributed by atoms with Crippen LogP contribution in [0, 0.1) is 0 Å². The van der Waals surface area contributed by atoms with E-state index in [0.29, 0.717) is 16.7 Å². The molecule has 7 nitrogen and oxygen atoms in total. The van der Waals surface area contributed by atoms with E-state index in [0.717, 1.165) is 11.3 Å². The molecule has 1 fully saturated rings. The molecule has 0 saturated carbocycles. The monoisotopic (exact) mass is 400 g/mol. The van der Waals surface area contributed by atoms with Crippen LogP contribution in [0.2, 0.25) is 0 Å². The van der Waals surface area contributed by atoms with Crippen LogP contribution in [-0.2, 0) is 20.5 Å². The maximum absolute atomic E-state index is 13.8. The Bertz CT molecular complexity index is 1360. The smallest absolute Gasteiger partial charge is 0.262 e. The van der Waals surface area contributed by atoms with Crippen LogP contribution in [-0.4, -0.2) is 40.4 Å². The number of nitrogens with zero attached hydrogens (tertiary/aromatic N) is 4. The van der Waals surface area contributed by atoms with Crippen molar-refractivity contribution in [2.45, 2.75) is 30.3 Å². The third-order valence-corrected chi connectivity index (χ3v) is 7.57. The molecule has 3 atom stereocenters. The zero-order chi connectivity index (χ0) is 21.0. The normalized spacial score (nSPS) is 29.1. The van der Waals surface area contributed by atoms with Crippen LogP contribution in [0.1, 0.15) is 30.8 Å². The number of para-hydroxylation sites is 2. The molecule has 0 aliphatic carbocycles. The predicted octanol–water partition coefficient (Wildman–Crippen LogP) is 1.94. The topological polar surface area (TPSA) is 75.5 Å². The Labute approximate surface area is 172 Å². The molecule has 0 radical (unpaired) electrons. The second-order valence-corrected chi connectivity index (χ2v) is 8.60. The Hall–Kier alpha value is -3.48. The molecule has 3 aromatic rings. The van der Waals surface area contributed by atoms with E-state index in [1.165, 1.54) is 4.57 Å². The maximum Gasteiger partial charge on any atom is 0.262 e. The molecule has 1 aromatic heterocycles. The fraction of sp³-hybridized carbons (Fsp3) is 0.304. The number of amides is 2. The van der Waals surface area contributed by atoms with Gasteiger partial charge in [0.25, 0.3) is 5.56 Å². The fourth-order valence-electron chi connectivity index (χ4n) is 5.93. The number of piperidine rings is 1. The Balaban J connectivity index is 1.78. The Kier molecular flexibility index (Phi) is 2.99. The summed E-state index contributed by atoms with van der Waals surface area (Å²) >= 11 is 0. The van der Waals surface area contributed by atoms with Gasteiger partial charge in [0.05, 0.1) is 10.9 Å². The first-order valence-corrected chi connectivity index (χ1v) is 10.0. The number of carbonyl (C=O) groups is 2. The van der Waals surface area contributed by atoms with E-state index in [1.807, 2.05) is 37.3 Å². The number of likely N-dealkylation sites (N-methyl/N-ethyl adjacent to an activating group) is 2. The lowest BCUT2D eigenvalue weighted by molar-refractivity contribution is -0.163. The third kappa shape index (κ3) is 1.58. The van der Waals surface area contributed by atoms with Gasteiger partial charge in [0.15, 0.2) is 0 Å². The van der Waals surface area contributed by atoms with E-state index < -0.39 is 17.0 Å². The number of anilines is 1. The number of benzene rings is 2. The molecule has 2 amide bonds. The van der Waals surface area contributed by atoms with Gasteiger partial charge < -0.3 is 9.80 Å². The second kappa shape index (κ2) is 5.16. The minimum Gasteiger partial charge on any atom is -0.330 e. The summed E-state index contributed by atoms with van der Waals surface area (Å²) in [4.78, 5) is 48.7. The summed E-state index contributed by atoms with van der Waals surface area (Å²) in [6.45, 7) is 1.88. The van der Waals surface area contributed by atoms with E-state index in [9.17, 15) is 14.4 Å². The van der Waals surface area contributed by atoms with Gasteiger partial charge in [-0.2, -0.15) is 0 Å². The largest absolute Gasteiger partial charge is 0.330 e. The molecule has 2 aromatic carbocycles. The van der Waals surface area contributed by atoms with Crippen LogP contribution in [0.4, 0.5) is 5.69 Å². The molecule has 7 rings (SSSR count). The minimum absolute atomic E-state index is 0.0655. The van der Waals surface area contributed by atoms with Gasteiger partial charge in [-0.3, -0.25) is 19.0 Å². The van der Waals surface area contributed by atoms with Crippen molar-refractivity contribution in [3.05, 3.63) is 70.3 Å². The van der Waals surface area contributed by atoms with Gasteiger partial charge in [0.1, 0.15) is 22.8 Å². The van der Waals surface area contributed by atoms with Crippen LogP contribution in [0.5, 0.6) is 0 Å². The Morgan fingerprint density at radius 2 is 1.70 bits per heavy atom. The highest BCUT2D eigenvalue weighted by molar-refractivity contribution is 6.10. The van der Waals surface area contributed by atoms with Crippen LogP contribution in [0.15, 0.2) is 53.3 Å². The minimum atomic E-state index is -1.10. The molecular weight excluding hydrogens is 380 g/mol. The van der Waals surface area contributed by atoms with Crippen molar-refractivity contribution in [3.63, 3.8) is 0 Å². The van der Waals surface area contributed by atoms with Crippen LogP contribution < -0.4 is 10.5 Å². The number of aromatic nitrogens is 2. The highest BCUT2D eigenvalue weighted by Gasteiger charge is 2.72. The predicted molar refractivity (Wildman–Crippen MR) is 111 cm³/mol. The molecule has 150 valence electrons. The summed E-state index contributed by atoms with van der Waals surface area (Å²) in [6, 6.07) is 14.1. The van der Waals surface area contributed by atoms with E-state index in [-0.39, 0.29) is 23.8 Å². The molecular formula is C23H20N4O3. The SMILES string of the molecule is CN1C(=O)[C@@]2(C[C@H]3C(=O)N(C)[C@@]2(C)c2nc4ccccc4c(=O)n23)c2ccccc21. The zero-order valence-corrected chi connectivity index (χ0v) is 16.9. The third-order valence-electron chi connectivity index (χ3n) is 7.57. The maximum atomic E-state index is 13.8. The van der Waals surface area contributed by atoms with E-state index in [2.05, 4.69) is 0 Å². The molecule has 5 heterocycles. The van der Waals surface area contributed by atoms with Gasteiger partial charge in [0.2, 0.25) is 11.8 Å². The summed E-state index contributed by atoms with van der Waals surface area (Å²) in [5.41, 5.74) is -0.0151. The molecule has 0 N–H and O–H groups in total. The van der Waals surface area contributed by atoms with Crippen molar-refractivity contribution in [2.75, 3.05) is 19.0 Å². The molecule has 1 spiro atoms. The van der Waals surface area contributed by atoms with Gasteiger partial charge in [-0.25, -0.2) is 4.98 Å². The van der Waals surface area contributed by atoms with Gasteiger partial charge in [0, 0.05) is 19.8 Å². The summed E-state index contributed by atoms with van der Waals surface area (Å²) < 4.78 is 1.53. The molecule has 4 aliphatic heterocycles. The van der Waals surface area contributed by atoms with Crippen molar-refractivity contribution in [3.8, 4) is 0 Å². The average molecular weight is 400 g/mol. The molecule has 1 saturated heterocycles. The first-order chi connectivity index (χ1) is 14.3. The van der Waals surface area contributed by atoms with Crippen molar-refractivity contribution in [1.82, 2.24) is 14.5 Å². The van der Waals surface area contributed by atoms with Crippen molar-refractivity contribution >= 4 is 28.4 Å². The number of hydrogen-bond donors (Lipinski definition) is 0. The lowest BCUT2D eigenvalue weighted by Gasteiger charge is -2.59. The number of carbonyl (C=O) groups excluding carboxylic acids is 2. The van der Waals surface area contributed by atoms with Gasteiger partial charge in [-0.15, -0.1) is 0 Å². The second-order valence-electron chi connectivity index (χ2n) is 8.60. The molecule has 2 bridgehead atoms. The zero-order valence-electron chi connectivity index (χ0n) is 16.9. The Morgan fingerprint density at radius 1 is 1.00 bits per heavy atom. The van der Waals surface area contributed by atoms with Gasteiger partial charge in [-0.1, -0.05) is 30.3 Å². The van der Waals surface area contributed by atoms with E-state index >= 15 is 0 Å². The van der Waals surface area contributed by atoms with Crippen LogP contribution >= 0.6 is 0 Å². The van der Waals surface area contributed by atoms with E-state index in [1.54, 1.807) is 42.1 Å². The highest BCUT2D eigenvalue weighted by atomic mass is 16.2. The standard InChI is InChI=1S/C23H20N4O3/c1-22-20-24-15-10-6-4-8-13(15)18(28)27(20)17(19(29)26(22)3)12-23(22)14-9-5-7-11-16(14)25(2)21(23)30/h4-11,17H,12H2,1-3H3/t17-,22-,23+/m0/s1. The van der Waals surface area contributed by atoms with E-state index in [4.69, 9.17) is 4.98 Å². The fourth-order valence-corrected chi connectivity index (χ4v) is 5.93. The summed E-state index contributed by atoms with van der Waals surface area (Å²) in [5, 5.41) is 0.483. The lowest BCUT2D eigenvalue weighted by Crippen LogP contribution is -2.73. The Morgan fingerprint density at radius 3 is 2.50 bits per heavy atom. The van der Waals surface area contributed by atoms with Crippen molar-refractivity contribution in [2.24, 2.45) is 0 Å². The first kappa shape index (κ1) is 17.4. The molecule has 0 unspecified atom stereocenters. The van der Waals surface area contributed by atoms with Crippen molar-refractivity contribution < 1.29 is 9.59 Å². The summed E-state index contributed by atoms with van der Waals surface area (Å²) in [5.74, 6) is 0.252. The molecule has 30 heavy (non-hydrogen) atoms. The number of rotatable bonds is 0.